The Hall–Kier alpha value is -1.77. The lowest BCUT2D eigenvalue weighted by molar-refractivity contribution is 0.389. The van der Waals surface area contributed by atoms with Gasteiger partial charge in [-0.1, -0.05) is 23.1 Å². The number of hydrogen-bond donors (Lipinski definition) is 0. The maximum Gasteiger partial charge on any atom is 0.281 e. The van der Waals surface area contributed by atoms with E-state index < -0.39 is 4.87 Å². The minimum Gasteiger partial charge on any atom is -0.497 e. The van der Waals surface area contributed by atoms with Crippen molar-refractivity contribution >= 4 is 45.0 Å². The normalized spacial score (nSPS) is 15.1. The van der Waals surface area contributed by atoms with Gasteiger partial charge in [-0.05, 0) is 31.2 Å². The number of methoxy groups -OCH3 is 2. The molecule has 1 fully saturated rings. The molecule has 142 valence electrons. The van der Waals surface area contributed by atoms with E-state index >= 15 is 0 Å². The van der Waals surface area contributed by atoms with Gasteiger partial charge in [0.2, 0.25) is 0 Å². The summed E-state index contributed by atoms with van der Waals surface area (Å²) < 4.78 is 13.2. The van der Waals surface area contributed by atoms with E-state index in [0.717, 1.165) is 22.7 Å². The quantitative estimate of drug-likeness (QED) is 0.443. The van der Waals surface area contributed by atoms with Crippen LogP contribution in [0.1, 0.15) is 24.2 Å². The van der Waals surface area contributed by atoms with Gasteiger partial charge in [0.1, 0.15) is 22.2 Å². The van der Waals surface area contributed by atoms with Gasteiger partial charge in [0.05, 0.1) is 20.8 Å². The van der Waals surface area contributed by atoms with Crippen LogP contribution in [0.5, 0.6) is 11.5 Å². The first-order valence-electron chi connectivity index (χ1n) is 8.35. The lowest BCUT2D eigenvalue weighted by Crippen LogP contribution is -2.28. The highest BCUT2D eigenvalue weighted by molar-refractivity contribution is 8.00. The van der Waals surface area contributed by atoms with Crippen molar-refractivity contribution in [2.75, 3.05) is 20.5 Å². The van der Waals surface area contributed by atoms with Gasteiger partial charge in [-0.25, -0.2) is 9.97 Å². The Balaban J connectivity index is 1.88. The van der Waals surface area contributed by atoms with Gasteiger partial charge in [-0.15, -0.1) is 11.6 Å². The highest BCUT2D eigenvalue weighted by Crippen LogP contribution is 2.51. The maximum absolute atomic E-state index is 13.2. The summed E-state index contributed by atoms with van der Waals surface area (Å²) in [7, 11) is 3.20. The van der Waals surface area contributed by atoms with Crippen molar-refractivity contribution in [2.24, 2.45) is 0 Å². The van der Waals surface area contributed by atoms with Crippen molar-refractivity contribution in [3.8, 4) is 11.5 Å². The second-order valence-corrected chi connectivity index (χ2v) is 9.06. The minimum absolute atomic E-state index is 0.170. The van der Waals surface area contributed by atoms with Crippen LogP contribution in [0.4, 0.5) is 0 Å². The zero-order valence-corrected chi connectivity index (χ0v) is 17.5. The van der Waals surface area contributed by atoms with Crippen LogP contribution in [0.2, 0.25) is 0 Å². The number of nitrogens with zero attached hydrogens (tertiary/aromatic N) is 3. The predicted molar refractivity (Wildman–Crippen MR) is 109 cm³/mol. The number of rotatable bonds is 6. The number of halogens is 1. The van der Waals surface area contributed by atoms with Crippen LogP contribution in [0.25, 0.3) is 10.3 Å². The van der Waals surface area contributed by atoms with Crippen molar-refractivity contribution in [1.82, 2.24) is 14.5 Å². The molecule has 0 unspecified atom stereocenters. The third-order valence-corrected chi connectivity index (χ3v) is 7.07. The molecule has 0 amide bonds. The maximum atomic E-state index is 13.2. The molecule has 0 radical (unpaired) electrons. The molecule has 3 aromatic rings. The Kier molecular flexibility index (Phi) is 4.82. The number of hydrogen-bond acceptors (Lipinski definition) is 7. The number of thiazole rings is 1. The molecular weight excluding hydrogens is 406 g/mol. The largest absolute Gasteiger partial charge is 0.497 e. The van der Waals surface area contributed by atoms with E-state index in [1.807, 2.05) is 18.4 Å². The average molecular weight is 424 g/mol. The molecule has 2 heterocycles. The van der Waals surface area contributed by atoms with Gasteiger partial charge in [0.15, 0.2) is 14.7 Å². The zero-order chi connectivity index (χ0) is 19.2. The Morgan fingerprint density at radius 1 is 1.30 bits per heavy atom. The van der Waals surface area contributed by atoms with Gasteiger partial charge >= 0.3 is 0 Å². The van der Waals surface area contributed by atoms with E-state index in [1.165, 1.54) is 23.1 Å². The Labute approximate surface area is 169 Å². The Bertz CT molecular complexity index is 1080. The summed E-state index contributed by atoms with van der Waals surface area (Å²) in [5.74, 6) is 1.95. The van der Waals surface area contributed by atoms with Crippen LogP contribution < -0.4 is 15.0 Å². The third kappa shape index (κ3) is 3.30. The molecule has 9 heteroatoms. The summed E-state index contributed by atoms with van der Waals surface area (Å²) in [6.07, 6.45) is 3.55. The summed E-state index contributed by atoms with van der Waals surface area (Å²) >= 11 is 9.61. The van der Waals surface area contributed by atoms with Crippen molar-refractivity contribution in [1.29, 1.82) is 0 Å². The van der Waals surface area contributed by atoms with E-state index in [9.17, 15) is 4.79 Å². The summed E-state index contributed by atoms with van der Waals surface area (Å²) in [5, 5.41) is 0. The molecule has 6 nitrogen and oxygen atoms in total. The molecule has 27 heavy (non-hydrogen) atoms. The monoisotopic (exact) mass is 423 g/mol. The molecule has 0 aliphatic heterocycles. The fourth-order valence-corrected chi connectivity index (χ4v) is 4.61. The summed E-state index contributed by atoms with van der Waals surface area (Å²) in [4.78, 5) is 22.5. The molecular formula is C18H18ClN3O3S2. The molecule has 0 N–H and O–H groups in total. The Morgan fingerprint density at radius 2 is 2.07 bits per heavy atom. The first-order valence-corrected chi connectivity index (χ1v) is 10.8. The molecule has 1 aromatic carbocycles. The van der Waals surface area contributed by atoms with Gasteiger partial charge in [-0.2, -0.15) is 0 Å². The van der Waals surface area contributed by atoms with E-state index in [0.29, 0.717) is 34.2 Å². The molecule has 1 saturated carbocycles. The molecule has 0 atom stereocenters. The average Bonchev–Trinajstić information content (AvgIpc) is 3.28. The second-order valence-electron chi connectivity index (χ2n) is 6.31. The molecule has 0 spiro atoms. The fourth-order valence-electron chi connectivity index (χ4n) is 2.95. The summed E-state index contributed by atoms with van der Waals surface area (Å²) in [6, 6.07) is 5.53. The summed E-state index contributed by atoms with van der Waals surface area (Å²) in [6.45, 7) is 0.310. The minimum atomic E-state index is -0.573. The number of alkyl halides is 1. The van der Waals surface area contributed by atoms with Gasteiger partial charge in [0, 0.05) is 11.6 Å². The SMILES string of the molecule is COc1ccc(Cn2c(C3(Cl)CC3)nc3sc(SC)nc3c2=O)c(OC)c1. The number of fused-ring (bicyclic) bond motifs is 1. The van der Waals surface area contributed by atoms with Crippen LogP contribution in [0.3, 0.4) is 0 Å². The molecule has 2 aromatic heterocycles. The predicted octanol–water partition coefficient (Wildman–Crippen LogP) is 3.87. The lowest BCUT2D eigenvalue weighted by Gasteiger charge is -2.17. The van der Waals surface area contributed by atoms with Crippen LogP contribution in [-0.2, 0) is 11.4 Å². The van der Waals surface area contributed by atoms with E-state index in [4.69, 9.17) is 26.1 Å². The standard InChI is InChI=1S/C18H18ClN3O3S2/c1-24-11-5-4-10(12(8-11)25-2)9-22-15(23)13-14(27-17(20-13)26-3)21-16(22)18(19)6-7-18/h4-5,8H,6-7,9H2,1-3H3. The van der Waals surface area contributed by atoms with Gasteiger partial charge in [0.25, 0.3) is 5.56 Å². The first kappa shape index (κ1) is 18.6. The van der Waals surface area contributed by atoms with Crippen LogP contribution in [-0.4, -0.2) is 35.0 Å². The van der Waals surface area contributed by atoms with Crippen molar-refractivity contribution in [2.45, 2.75) is 28.6 Å². The molecule has 4 rings (SSSR count). The topological polar surface area (TPSA) is 66.2 Å². The number of thioether (sulfide) groups is 1. The molecule has 1 aliphatic carbocycles. The molecule has 1 aliphatic rings. The molecule has 0 saturated heterocycles. The number of benzene rings is 1. The zero-order valence-electron chi connectivity index (χ0n) is 15.1. The van der Waals surface area contributed by atoms with Crippen LogP contribution >= 0.6 is 34.7 Å². The highest BCUT2D eigenvalue weighted by Gasteiger charge is 2.46. The van der Waals surface area contributed by atoms with Crippen molar-refractivity contribution in [3.05, 3.63) is 39.9 Å². The smallest absolute Gasteiger partial charge is 0.281 e. The number of aromatic nitrogens is 3. The van der Waals surface area contributed by atoms with E-state index in [-0.39, 0.29) is 5.56 Å². The first-order chi connectivity index (χ1) is 13.0. The number of ether oxygens (including phenoxy) is 2. The molecule has 0 bridgehead atoms. The summed E-state index contributed by atoms with van der Waals surface area (Å²) in [5.41, 5.74) is 1.07. The Morgan fingerprint density at radius 3 is 2.70 bits per heavy atom. The van der Waals surface area contributed by atoms with Crippen LogP contribution in [0.15, 0.2) is 27.3 Å². The lowest BCUT2D eigenvalue weighted by atomic mass is 10.1. The van der Waals surface area contributed by atoms with Gasteiger partial charge in [-0.3, -0.25) is 9.36 Å². The highest BCUT2D eigenvalue weighted by atomic mass is 35.5. The third-order valence-electron chi connectivity index (χ3n) is 4.59. The van der Waals surface area contributed by atoms with Crippen LogP contribution in [0, 0.1) is 0 Å². The van der Waals surface area contributed by atoms with E-state index in [1.54, 1.807) is 24.9 Å². The fraction of sp³-hybridized carbons (Fsp3) is 0.389. The van der Waals surface area contributed by atoms with Gasteiger partial charge < -0.3 is 9.47 Å². The van der Waals surface area contributed by atoms with E-state index in [2.05, 4.69) is 4.98 Å². The van der Waals surface area contributed by atoms with Crippen molar-refractivity contribution < 1.29 is 9.47 Å². The second kappa shape index (κ2) is 7.00. The van der Waals surface area contributed by atoms with Crippen molar-refractivity contribution in [3.63, 3.8) is 0 Å².